The van der Waals surface area contributed by atoms with Crippen molar-refractivity contribution in [1.29, 1.82) is 0 Å². The molecule has 102 valence electrons. The van der Waals surface area contributed by atoms with E-state index in [0.29, 0.717) is 23.9 Å². The molecule has 1 N–H and O–H groups in total. The van der Waals surface area contributed by atoms with E-state index in [-0.39, 0.29) is 11.9 Å². The van der Waals surface area contributed by atoms with Gasteiger partial charge in [-0.1, -0.05) is 6.92 Å². The lowest BCUT2D eigenvalue weighted by Gasteiger charge is -2.26. The zero-order valence-electron chi connectivity index (χ0n) is 11.3. The molecule has 1 atom stereocenters. The van der Waals surface area contributed by atoms with E-state index in [1.165, 1.54) is 0 Å². The van der Waals surface area contributed by atoms with Crippen LogP contribution >= 0.6 is 0 Å². The Morgan fingerprint density at radius 3 is 2.84 bits per heavy atom. The van der Waals surface area contributed by atoms with Crippen LogP contribution in [0.25, 0.3) is 11.6 Å². The highest BCUT2D eigenvalue weighted by atomic mass is 16.4. The van der Waals surface area contributed by atoms with Crippen LogP contribution in [0.4, 0.5) is 0 Å². The summed E-state index contributed by atoms with van der Waals surface area (Å²) in [6, 6.07) is 3.48. The average Bonchev–Trinajstić information content (AvgIpc) is 3.09. The molecule has 0 aliphatic rings. The Morgan fingerprint density at radius 2 is 2.26 bits per heavy atom. The Morgan fingerprint density at radius 1 is 1.47 bits per heavy atom. The number of amides is 1. The van der Waals surface area contributed by atoms with Gasteiger partial charge >= 0.3 is 0 Å². The molecular weight excluding hydrogens is 246 g/mol. The summed E-state index contributed by atoms with van der Waals surface area (Å²) in [6.07, 6.45) is 0.901. The SMILES string of the molecule is CCC(C)N(CC)C(=O)c1ccc(-c2nn[nH]n2)o1. The minimum absolute atomic E-state index is 0.119. The number of aromatic nitrogens is 4. The molecular formula is C12H17N5O2. The summed E-state index contributed by atoms with van der Waals surface area (Å²) in [4.78, 5) is 14.1. The predicted molar refractivity (Wildman–Crippen MR) is 68.3 cm³/mol. The van der Waals surface area contributed by atoms with Crippen LogP contribution in [0.2, 0.25) is 0 Å². The Balaban J connectivity index is 2.20. The molecule has 0 spiro atoms. The number of hydrogen-bond acceptors (Lipinski definition) is 5. The van der Waals surface area contributed by atoms with Crippen LogP contribution in [0, 0.1) is 0 Å². The molecule has 19 heavy (non-hydrogen) atoms. The fourth-order valence-corrected chi connectivity index (χ4v) is 1.86. The van der Waals surface area contributed by atoms with Crippen molar-refractivity contribution in [2.45, 2.75) is 33.2 Å². The normalized spacial score (nSPS) is 12.4. The number of tetrazole rings is 1. The van der Waals surface area contributed by atoms with Crippen LogP contribution in [-0.4, -0.2) is 44.0 Å². The number of furan rings is 1. The molecule has 0 radical (unpaired) electrons. The highest BCUT2D eigenvalue weighted by molar-refractivity contribution is 5.92. The fourth-order valence-electron chi connectivity index (χ4n) is 1.86. The van der Waals surface area contributed by atoms with Crippen molar-refractivity contribution in [3.05, 3.63) is 17.9 Å². The average molecular weight is 263 g/mol. The highest BCUT2D eigenvalue weighted by Crippen LogP contribution is 2.19. The van der Waals surface area contributed by atoms with Gasteiger partial charge in [0.25, 0.3) is 5.91 Å². The second-order valence-corrected chi connectivity index (χ2v) is 4.25. The Bertz CT molecular complexity index is 534. The molecule has 2 aromatic rings. The first-order valence-electron chi connectivity index (χ1n) is 6.32. The number of nitrogens with zero attached hydrogens (tertiary/aromatic N) is 4. The summed E-state index contributed by atoms with van der Waals surface area (Å²) in [6.45, 7) is 6.66. The minimum Gasteiger partial charge on any atom is -0.447 e. The number of carbonyl (C=O) groups excluding carboxylic acids is 1. The van der Waals surface area contributed by atoms with Gasteiger partial charge in [-0.2, -0.15) is 5.21 Å². The van der Waals surface area contributed by atoms with Crippen molar-refractivity contribution in [3.8, 4) is 11.6 Å². The lowest BCUT2D eigenvalue weighted by molar-refractivity contribution is 0.0668. The molecule has 1 amide bonds. The Kier molecular flexibility index (Phi) is 3.94. The van der Waals surface area contributed by atoms with Gasteiger partial charge in [-0.3, -0.25) is 4.79 Å². The molecule has 2 rings (SSSR count). The van der Waals surface area contributed by atoms with Crippen molar-refractivity contribution in [1.82, 2.24) is 25.5 Å². The summed E-state index contributed by atoms with van der Waals surface area (Å²) < 4.78 is 5.49. The first kappa shape index (κ1) is 13.3. The Hall–Kier alpha value is -2.18. The smallest absolute Gasteiger partial charge is 0.289 e. The molecule has 0 aliphatic carbocycles. The molecule has 7 nitrogen and oxygen atoms in total. The first-order chi connectivity index (χ1) is 9.17. The molecule has 2 aromatic heterocycles. The van der Waals surface area contributed by atoms with Crippen molar-refractivity contribution >= 4 is 5.91 Å². The second-order valence-electron chi connectivity index (χ2n) is 4.25. The maximum atomic E-state index is 12.3. The standard InChI is InChI=1S/C12H17N5O2/c1-4-8(3)17(5-2)12(18)10-7-6-9(19-10)11-13-15-16-14-11/h6-8H,4-5H2,1-3H3,(H,13,14,15,16). The third-order valence-electron chi connectivity index (χ3n) is 3.11. The van der Waals surface area contributed by atoms with Gasteiger partial charge in [0.1, 0.15) is 0 Å². The van der Waals surface area contributed by atoms with E-state index < -0.39 is 0 Å². The summed E-state index contributed by atoms with van der Waals surface area (Å²) >= 11 is 0. The van der Waals surface area contributed by atoms with E-state index in [4.69, 9.17) is 4.42 Å². The van der Waals surface area contributed by atoms with Gasteiger partial charge < -0.3 is 9.32 Å². The van der Waals surface area contributed by atoms with Gasteiger partial charge in [0, 0.05) is 12.6 Å². The van der Waals surface area contributed by atoms with Gasteiger partial charge in [-0.25, -0.2) is 0 Å². The second kappa shape index (κ2) is 5.64. The van der Waals surface area contributed by atoms with E-state index in [1.54, 1.807) is 17.0 Å². The van der Waals surface area contributed by atoms with Crippen LogP contribution in [0.1, 0.15) is 37.7 Å². The number of nitrogens with one attached hydrogen (secondary N) is 1. The number of rotatable bonds is 5. The molecule has 0 aliphatic heterocycles. The third-order valence-corrected chi connectivity index (χ3v) is 3.11. The maximum Gasteiger partial charge on any atom is 0.289 e. The van der Waals surface area contributed by atoms with Crippen molar-refractivity contribution in [3.63, 3.8) is 0 Å². The maximum absolute atomic E-state index is 12.3. The van der Waals surface area contributed by atoms with Crippen LogP contribution in [0.5, 0.6) is 0 Å². The zero-order chi connectivity index (χ0) is 13.8. The van der Waals surface area contributed by atoms with E-state index in [2.05, 4.69) is 20.6 Å². The third kappa shape index (κ3) is 2.64. The number of carbonyl (C=O) groups is 1. The lowest BCUT2D eigenvalue weighted by atomic mass is 10.2. The first-order valence-corrected chi connectivity index (χ1v) is 6.32. The predicted octanol–water partition coefficient (Wildman–Crippen LogP) is 1.72. The molecule has 0 aromatic carbocycles. The van der Waals surface area contributed by atoms with E-state index in [0.717, 1.165) is 6.42 Å². The zero-order valence-corrected chi connectivity index (χ0v) is 11.3. The molecule has 0 saturated heterocycles. The highest BCUT2D eigenvalue weighted by Gasteiger charge is 2.22. The lowest BCUT2D eigenvalue weighted by Crippen LogP contribution is -2.37. The van der Waals surface area contributed by atoms with Crippen LogP contribution in [0.3, 0.4) is 0 Å². The van der Waals surface area contributed by atoms with Gasteiger partial charge in [-0.05, 0) is 37.6 Å². The molecule has 0 saturated carbocycles. The van der Waals surface area contributed by atoms with Crippen LogP contribution < -0.4 is 0 Å². The largest absolute Gasteiger partial charge is 0.447 e. The van der Waals surface area contributed by atoms with Gasteiger partial charge in [0.2, 0.25) is 5.82 Å². The summed E-state index contributed by atoms with van der Waals surface area (Å²) in [5.41, 5.74) is 0. The Labute approximate surface area is 111 Å². The van der Waals surface area contributed by atoms with Gasteiger partial charge in [0.15, 0.2) is 11.5 Å². The minimum atomic E-state index is -0.119. The van der Waals surface area contributed by atoms with Crippen molar-refractivity contribution in [2.75, 3.05) is 6.54 Å². The van der Waals surface area contributed by atoms with E-state index in [1.807, 2.05) is 20.8 Å². The molecule has 1 unspecified atom stereocenters. The van der Waals surface area contributed by atoms with Gasteiger partial charge in [-0.15, -0.1) is 10.2 Å². The molecule has 2 heterocycles. The van der Waals surface area contributed by atoms with E-state index in [9.17, 15) is 4.79 Å². The summed E-state index contributed by atoms with van der Waals surface area (Å²) in [5, 5.41) is 13.4. The fraction of sp³-hybridized carbons (Fsp3) is 0.500. The number of aromatic amines is 1. The van der Waals surface area contributed by atoms with Crippen LogP contribution in [-0.2, 0) is 0 Å². The molecule has 0 fully saturated rings. The van der Waals surface area contributed by atoms with Crippen LogP contribution in [0.15, 0.2) is 16.5 Å². The summed E-state index contributed by atoms with van der Waals surface area (Å²) in [5.74, 6) is 0.941. The monoisotopic (exact) mass is 263 g/mol. The van der Waals surface area contributed by atoms with Crippen molar-refractivity contribution < 1.29 is 9.21 Å². The molecule has 7 heteroatoms. The number of hydrogen-bond donors (Lipinski definition) is 1. The topological polar surface area (TPSA) is 87.9 Å². The van der Waals surface area contributed by atoms with Crippen molar-refractivity contribution in [2.24, 2.45) is 0 Å². The van der Waals surface area contributed by atoms with E-state index >= 15 is 0 Å². The number of H-pyrrole nitrogens is 1. The summed E-state index contributed by atoms with van der Waals surface area (Å²) in [7, 11) is 0. The molecule has 0 bridgehead atoms. The quantitative estimate of drug-likeness (QED) is 0.887. The van der Waals surface area contributed by atoms with Gasteiger partial charge in [0.05, 0.1) is 0 Å².